The van der Waals surface area contributed by atoms with E-state index in [1.807, 2.05) is 31.3 Å². The maximum atomic E-state index is 12.0. The number of nitrogens with one attached hydrogen (secondary N) is 4. The topological polar surface area (TPSA) is 94.2 Å². The molecule has 3 rings (SSSR count). The fraction of sp³-hybridized carbons (Fsp3) is 0.286. The lowest BCUT2D eigenvalue weighted by molar-refractivity contribution is -0.116. The molecule has 3 aromatic rings. The quantitative estimate of drug-likeness (QED) is 0.225. The van der Waals surface area contributed by atoms with Crippen LogP contribution < -0.4 is 16.0 Å². The van der Waals surface area contributed by atoms with Gasteiger partial charge in [0, 0.05) is 49.9 Å². The summed E-state index contributed by atoms with van der Waals surface area (Å²) < 4.78 is 0. The van der Waals surface area contributed by atoms with Crippen LogP contribution in [-0.4, -0.2) is 42.0 Å². The zero-order chi connectivity index (χ0) is 19.8. The molecule has 1 amide bonds. The van der Waals surface area contributed by atoms with Crippen LogP contribution in [0.5, 0.6) is 0 Å². The zero-order valence-electron chi connectivity index (χ0n) is 16.7. The summed E-state index contributed by atoms with van der Waals surface area (Å²) in [6.07, 6.45) is 4.99. The molecule has 0 atom stereocenters. The summed E-state index contributed by atoms with van der Waals surface area (Å²) in [4.78, 5) is 23.7. The molecule has 4 N–H and O–H groups in total. The fourth-order valence-corrected chi connectivity index (χ4v) is 2.92. The number of aromatic amines is 1. The highest BCUT2D eigenvalue weighted by Gasteiger charge is 2.06. The van der Waals surface area contributed by atoms with Crippen molar-refractivity contribution in [1.29, 1.82) is 0 Å². The van der Waals surface area contributed by atoms with E-state index in [0.29, 0.717) is 24.7 Å². The largest absolute Gasteiger partial charge is 0.361 e. The molecule has 2 aromatic heterocycles. The molecule has 0 aliphatic rings. The molecule has 0 bridgehead atoms. The molecular formula is C21H27IN6O. The number of carbonyl (C=O) groups excluding carboxylic acids is 1. The first-order valence-electron chi connectivity index (χ1n) is 9.38. The minimum Gasteiger partial charge on any atom is -0.361 e. The molecule has 7 nitrogen and oxygen atoms in total. The number of nitrogens with zero attached hydrogens (tertiary/aromatic N) is 2. The van der Waals surface area contributed by atoms with Crippen LogP contribution in [-0.2, 0) is 11.2 Å². The summed E-state index contributed by atoms with van der Waals surface area (Å²) in [5, 5.41) is 10.5. The van der Waals surface area contributed by atoms with Gasteiger partial charge < -0.3 is 20.9 Å². The van der Waals surface area contributed by atoms with E-state index in [4.69, 9.17) is 0 Å². The van der Waals surface area contributed by atoms with Crippen LogP contribution in [0.1, 0.15) is 17.5 Å². The van der Waals surface area contributed by atoms with Crippen LogP contribution in [0, 0.1) is 6.92 Å². The number of fused-ring (bicyclic) bond motifs is 1. The summed E-state index contributed by atoms with van der Waals surface area (Å²) >= 11 is 0. The Balaban J connectivity index is 0.00000300. The van der Waals surface area contributed by atoms with Gasteiger partial charge in [0.05, 0.1) is 0 Å². The lowest BCUT2D eigenvalue weighted by Crippen LogP contribution is -2.39. The third-order valence-corrected chi connectivity index (χ3v) is 4.41. The zero-order valence-corrected chi connectivity index (χ0v) is 19.0. The van der Waals surface area contributed by atoms with E-state index in [2.05, 4.69) is 43.0 Å². The number of aryl methyl sites for hydroxylation is 1. The Morgan fingerprint density at radius 2 is 1.93 bits per heavy atom. The highest BCUT2D eigenvalue weighted by Crippen LogP contribution is 2.17. The second kappa shape index (κ2) is 11.4. The molecule has 0 fully saturated rings. The van der Waals surface area contributed by atoms with Crippen molar-refractivity contribution in [3.63, 3.8) is 0 Å². The second-order valence-corrected chi connectivity index (χ2v) is 6.55. The van der Waals surface area contributed by atoms with Crippen molar-refractivity contribution < 1.29 is 4.79 Å². The number of hydrogen-bond donors (Lipinski definition) is 4. The molecule has 154 valence electrons. The van der Waals surface area contributed by atoms with Crippen molar-refractivity contribution in [1.82, 2.24) is 20.6 Å². The van der Waals surface area contributed by atoms with E-state index in [1.165, 1.54) is 10.9 Å². The summed E-state index contributed by atoms with van der Waals surface area (Å²) in [5.74, 6) is 1.16. The Labute approximate surface area is 187 Å². The number of carbonyl (C=O) groups is 1. The lowest BCUT2D eigenvalue weighted by Gasteiger charge is -2.11. The van der Waals surface area contributed by atoms with Crippen molar-refractivity contribution in [3.8, 4) is 0 Å². The van der Waals surface area contributed by atoms with Gasteiger partial charge in [-0.25, -0.2) is 4.98 Å². The molecule has 0 spiro atoms. The van der Waals surface area contributed by atoms with Gasteiger partial charge in [-0.1, -0.05) is 24.3 Å². The molecule has 0 saturated heterocycles. The Morgan fingerprint density at radius 1 is 1.14 bits per heavy atom. The van der Waals surface area contributed by atoms with Crippen molar-refractivity contribution in [2.75, 3.05) is 25.5 Å². The molecule has 0 saturated carbocycles. The van der Waals surface area contributed by atoms with Gasteiger partial charge in [0.1, 0.15) is 5.82 Å². The van der Waals surface area contributed by atoms with Crippen LogP contribution in [0.4, 0.5) is 5.82 Å². The number of anilines is 1. The molecule has 0 aliphatic carbocycles. The Bertz CT molecular complexity index is 951. The molecule has 8 heteroatoms. The Kier molecular flexibility index (Phi) is 8.91. The summed E-state index contributed by atoms with van der Waals surface area (Å²) in [7, 11) is 1.72. The Morgan fingerprint density at radius 3 is 2.69 bits per heavy atom. The molecule has 0 aliphatic heterocycles. The van der Waals surface area contributed by atoms with E-state index in [0.717, 1.165) is 24.0 Å². The summed E-state index contributed by atoms with van der Waals surface area (Å²) in [6, 6.07) is 12.0. The fourth-order valence-electron chi connectivity index (χ4n) is 2.92. The van der Waals surface area contributed by atoms with Crippen LogP contribution in [0.2, 0.25) is 0 Å². The van der Waals surface area contributed by atoms with E-state index in [1.54, 1.807) is 19.3 Å². The van der Waals surface area contributed by atoms with E-state index in [-0.39, 0.29) is 29.9 Å². The molecular weight excluding hydrogens is 479 g/mol. The molecule has 2 heterocycles. The number of pyridine rings is 1. The van der Waals surface area contributed by atoms with Gasteiger partial charge in [-0.05, 0) is 36.6 Å². The predicted molar refractivity (Wildman–Crippen MR) is 129 cm³/mol. The number of aliphatic imine (C=N–C) groups is 1. The van der Waals surface area contributed by atoms with Gasteiger partial charge in [-0.3, -0.25) is 9.79 Å². The van der Waals surface area contributed by atoms with Crippen molar-refractivity contribution in [3.05, 3.63) is 59.9 Å². The number of amides is 1. The molecule has 1 aromatic carbocycles. The van der Waals surface area contributed by atoms with Crippen molar-refractivity contribution in [2.24, 2.45) is 4.99 Å². The van der Waals surface area contributed by atoms with E-state index < -0.39 is 0 Å². The van der Waals surface area contributed by atoms with Gasteiger partial charge in [0.25, 0.3) is 0 Å². The predicted octanol–water partition coefficient (Wildman–Crippen LogP) is 3.23. The number of H-pyrrole nitrogens is 1. The normalized spacial score (nSPS) is 11.0. The van der Waals surface area contributed by atoms with Crippen LogP contribution >= 0.6 is 24.0 Å². The van der Waals surface area contributed by atoms with Crippen molar-refractivity contribution >= 4 is 52.6 Å². The SMILES string of the molecule is CN=C(NCCC(=O)Nc1ccc(C)cn1)NCCc1c[nH]c2ccccc12.I. The highest BCUT2D eigenvalue weighted by atomic mass is 127. The van der Waals surface area contributed by atoms with Crippen molar-refractivity contribution in [2.45, 2.75) is 19.8 Å². The lowest BCUT2D eigenvalue weighted by atomic mass is 10.1. The third-order valence-electron chi connectivity index (χ3n) is 4.41. The van der Waals surface area contributed by atoms with E-state index in [9.17, 15) is 4.79 Å². The monoisotopic (exact) mass is 506 g/mol. The molecule has 0 unspecified atom stereocenters. The average molecular weight is 506 g/mol. The molecule has 0 radical (unpaired) electrons. The number of aromatic nitrogens is 2. The minimum atomic E-state index is -0.0851. The Hall–Kier alpha value is -2.62. The number of guanidine groups is 1. The first kappa shape index (κ1) is 22.7. The maximum absolute atomic E-state index is 12.0. The smallest absolute Gasteiger partial charge is 0.227 e. The van der Waals surface area contributed by atoms with Crippen LogP contribution in [0.25, 0.3) is 10.9 Å². The van der Waals surface area contributed by atoms with Gasteiger partial charge in [-0.15, -0.1) is 24.0 Å². The summed E-state index contributed by atoms with van der Waals surface area (Å²) in [6.45, 7) is 3.20. The van der Waals surface area contributed by atoms with Crippen LogP contribution in [0.15, 0.2) is 53.8 Å². The standard InChI is InChI=1S/C21H26N6O.HI/c1-15-7-8-19(26-13-15)27-20(28)10-12-24-21(22-2)23-11-9-16-14-25-18-6-4-3-5-17(16)18;/h3-8,13-14,25H,9-12H2,1-2H3,(H2,22,23,24)(H,26,27,28);1H. The van der Waals surface area contributed by atoms with Gasteiger partial charge in [-0.2, -0.15) is 0 Å². The number of rotatable bonds is 7. The number of hydrogen-bond acceptors (Lipinski definition) is 3. The first-order chi connectivity index (χ1) is 13.7. The van der Waals surface area contributed by atoms with Gasteiger partial charge >= 0.3 is 0 Å². The summed E-state index contributed by atoms with van der Waals surface area (Å²) in [5.41, 5.74) is 3.47. The average Bonchev–Trinajstić information content (AvgIpc) is 3.12. The first-order valence-corrected chi connectivity index (χ1v) is 9.38. The van der Waals surface area contributed by atoms with E-state index >= 15 is 0 Å². The second-order valence-electron chi connectivity index (χ2n) is 6.55. The minimum absolute atomic E-state index is 0. The highest BCUT2D eigenvalue weighted by molar-refractivity contribution is 14.0. The van der Waals surface area contributed by atoms with Gasteiger partial charge in [0.2, 0.25) is 5.91 Å². The maximum Gasteiger partial charge on any atom is 0.227 e. The molecule has 29 heavy (non-hydrogen) atoms. The third kappa shape index (κ3) is 6.74. The number of halogens is 1. The van der Waals surface area contributed by atoms with Gasteiger partial charge in [0.15, 0.2) is 5.96 Å². The number of para-hydroxylation sites is 1. The van der Waals surface area contributed by atoms with Crippen LogP contribution in [0.3, 0.4) is 0 Å². The number of benzene rings is 1.